The molecule has 4 rings (SSSR count). The number of hydrogen-bond acceptors (Lipinski definition) is 5. The SMILES string of the molecule is C=CCn1nc(-c2ccc(S(C)(=O)=O)cc2)c(-c2ccc(OC)c(F)c2)c1C(=O)Nc1ccccc1. The highest BCUT2D eigenvalue weighted by Crippen LogP contribution is 2.37. The third-order valence-electron chi connectivity index (χ3n) is 5.50. The van der Waals surface area contributed by atoms with Gasteiger partial charge in [-0.05, 0) is 42.0 Å². The van der Waals surface area contributed by atoms with Crippen molar-refractivity contribution in [2.24, 2.45) is 0 Å². The number of aromatic nitrogens is 2. The number of halogens is 1. The van der Waals surface area contributed by atoms with Crippen LogP contribution in [0.3, 0.4) is 0 Å². The summed E-state index contributed by atoms with van der Waals surface area (Å²) < 4.78 is 45.2. The molecule has 3 aromatic carbocycles. The molecule has 0 aliphatic rings. The third-order valence-corrected chi connectivity index (χ3v) is 6.63. The van der Waals surface area contributed by atoms with E-state index in [0.29, 0.717) is 28.1 Å². The lowest BCUT2D eigenvalue weighted by molar-refractivity contribution is 0.101. The van der Waals surface area contributed by atoms with Crippen LogP contribution in [-0.4, -0.2) is 37.5 Å². The van der Waals surface area contributed by atoms with Crippen molar-refractivity contribution in [3.05, 3.63) is 97.0 Å². The van der Waals surface area contributed by atoms with Crippen LogP contribution in [0.1, 0.15) is 10.5 Å². The molecule has 0 saturated heterocycles. The van der Waals surface area contributed by atoms with E-state index in [-0.39, 0.29) is 22.9 Å². The number of sulfone groups is 1. The largest absolute Gasteiger partial charge is 0.494 e. The number of benzene rings is 3. The minimum atomic E-state index is -3.40. The van der Waals surface area contributed by atoms with Gasteiger partial charge in [0.2, 0.25) is 0 Å². The molecule has 9 heteroatoms. The van der Waals surface area contributed by atoms with Gasteiger partial charge in [0.1, 0.15) is 11.4 Å². The summed E-state index contributed by atoms with van der Waals surface area (Å²) in [7, 11) is -2.03. The minimum absolute atomic E-state index is 0.0616. The molecule has 36 heavy (non-hydrogen) atoms. The zero-order chi connectivity index (χ0) is 25.9. The first-order chi connectivity index (χ1) is 17.2. The van der Waals surface area contributed by atoms with E-state index in [9.17, 15) is 17.6 Å². The highest BCUT2D eigenvalue weighted by atomic mass is 32.2. The summed E-state index contributed by atoms with van der Waals surface area (Å²) in [5.41, 5.74) is 2.53. The second-order valence-electron chi connectivity index (χ2n) is 8.01. The van der Waals surface area contributed by atoms with Gasteiger partial charge in [0.05, 0.1) is 18.6 Å². The van der Waals surface area contributed by atoms with E-state index in [1.807, 2.05) is 6.07 Å². The first kappa shape index (κ1) is 24.9. The highest BCUT2D eigenvalue weighted by Gasteiger charge is 2.26. The van der Waals surface area contributed by atoms with Gasteiger partial charge in [-0.3, -0.25) is 9.48 Å². The number of para-hydroxylation sites is 1. The van der Waals surface area contributed by atoms with Crippen LogP contribution >= 0.6 is 0 Å². The first-order valence-corrected chi connectivity index (χ1v) is 12.8. The molecule has 1 N–H and O–H groups in total. The predicted octanol–water partition coefficient (Wildman–Crippen LogP) is 5.21. The summed E-state index contributed by atoms with van der Waals surface area (Å²) in [6.45, 7) is 3.98. The maximum Gasteiger partial charge on any atom is 0.274 e. The maximum absolute atomic E-state index is 14.8. The van der Waals surface area contributed by atoms with E-state index in [1.165, 1.54) is 36.1 Å². The molecule has 7 nitrogen and oxygen atoms in total. The van der Waals surface area contributed by atoms with E-state index < -0.39 is 21.6 Å². The molecule has 184 valence electrons. The summed E-state index contributed by atoms with van der Waals surface area (Å²) in [4.78, 5) is 13.7. The number of amides is 1. The molecule has 0 bridgehead atoms. The fourth-order valence-electron chi connectivity index (χ4n) is 3.82. The number of anilines is 1. The van der Waals surface area contributed by atoms with Crippen LogP contribution in [0.15, 0.2) is 90.3 Å². The van der Waals surface area contributed by atoms with Crippen molar-refractivity contribution in [1.82, 2.24) is 9.78 Å². The van der Waals surface area contributed by atoms with E-state index >= 15 is 0 Å². The van der Waals surface area contributed by atoms with Gasteiger partial charge in [0.15, 0.2) is 21.4 Å². The van der Waals surface area contributed by atoms with Crippen LogP contribution in [0, 0.1) is 5.82 Å². The average Bonchev–Trinajstić information content (AvgIpc) is 3.24. The van der Waals surface area contributed by atoms with Crippen molar-refractivity contribution in [3.63, 3.8) is 0 Å². The summed E-state index contributed by atoms with van der Waals surface area (Å²) in [6.07, 6.45) is 2.72. The van der Waals surface area contributed by atoms with Gasteiger partial charge in [-0.2, -0.15) is 5.10 Å². The van der Waals surface area contributed by atoms with Gasteiger partial charge < -0.3 is 10.1 Å². The molecule has 0 atom stereocenters. The van der Waals surface area contributed by atoms with Crippen molar-refractivity contribution in [2.45, 2.75) is 11.4 Å². The van der Waals surface area contributed by atoms with Gasteiger partial charge in [-0.25, -0.2) is 12.8 Å². The predicted molar refractivity (Wildman–Crippen MR) is 137 cm³/mol. The zero-order valence-corrected chi connectivity index (χ0v) is 20.5. The average molecular weight is 506 g/mol. The van der Waals surface area contributed by atoms with E-state index in [2.05, 4.69) is 17.0 Å². The lowest BCUT2D eigenvalue weighted by atomic mass is 9.98. The summed E-state index contributed by atoms with van der Waals surface area (Å²) in [6, 6.07) is 19.5. The van der Waals surface area contributed by atoms with Crippen molar-refractivity contribution in [1.29, 1.82) is 0 Å². The fourth-order valence-corrected chi connectivity index (χ4v) is 4.45. The lowest BCUT2D eigenvalue weighted by Crippen LogP contribution is -2.18. The van der Waals surface area contributed by atoms with E-state index in [1.54, 1.807) is 48.5 Å². The molecule has 0 radical (unpaired) electrons. The Hall–Kier alpha value is -4.24. The van der Waals surface area contributed by atoms with Crippen LogP contribution in [-0.2, 0) is 16.4 Å². The number of ether oxygens (including phenoxy) is 1. The topological polar surface area (TPSA) is 90.3 Å². The standard InChI is InChI=1S/C27H24FN3O4S/c1-4-16-31-26(27(32)29-20-8-6-5-7-9-20)24(19-12-15-23(35-2)22(28)17-19)25(30-31)18-10-13-21(14-11-18)36(3,33)34/h4-15,17H,1,16H2,2-3H3,(H,29,32). The molecule has 0 saturated carbocycles. The van der Waals surface area contributed by atoms with Crippen molar-refractivity contribution < 1.29 is 22.3 Å². The summed E-state index contributed by atoms with van der Waals surface area (Å²) in [5, 5.41) is 7.52. The van der Waals surface area contributed by atoms with Crippen LogP contribution in [0.5, 0.6) is 5.75 Å². The molecule has 4 aromatic rings. The molecular weight excluding hydrogens is 481 g/mol. The number of carbonyl (C=O) groups is 1. The van der Waals surface area contributed by atoms with Gasteiger partial charge in [0.25, 0.3) is 5.91 Å². The molecular formula is C27H24FN3O4S. The molecule has 0 spiro atoms. The Kier molecular flexibility index (Phi) is 7.03. The summed E-state index contributed by atoms with van der Waals surface area (Å²) >= 11 is 0. The van der Waals surface area contributed by atoms with Gasteiger partial charge in [-0.15, -0.1) is 6.58 Å². The molecule has 1 heterocycles. The van der Waals surface area contributed by atoms with Crippen LogP contribution in [0.4, 0.5) is 10.1 Å². The van der Waals surface area contributed by atoms with E-state index in [4.69, 9.17) is 4.74 Å². The lowest BCUT2D eigenvalue weighted by Gasteiger charge is -2.11. The van der Waals surface area contributed by atoms with Crippen LogP contribution < -0.4 is 10.1 Å². The minimum Gasteiger partial charge on any atom is -0.494 e. The van der Waals surface area contributed by atoms with Crippen molar-refractivity contribution in [2.75, 3.05) is 18.7 Å². The van der Waals surface area contributed by atoms with Gasteiger partial charge in [0, 0.05) is 23.1 Å². The zero-order valence-electron chi connectivity index (χ0n) is 19.7. The number of allylic oxidation sites excluding steroid dienone is 1. The second kappa shape index (κ2) is 10.2. The number of rotatable bonds is 8. The van der Waals surface area contributed by atoms with Crippen LogP contribution in [0.2, 0.25) is 0 Å². The van der Waals surface area contributed by atoms with Crippen molar-refractivity contribution in [3.8, 4) is 28.1 Å². The van der Waals surface area contributed by atoms with Crippen LogP contribution in [0.25, 0.3) is 22.4 Å². The molecule has 1 aromatic heterocycles. The Morgan fingerprint density at radius 3 is 2.33 bits per heavy atom. The number of methoxy groups -OCH3 is 1. The molecule has 0 aliphatic carbocycles. The monoisotopic (exact) mass is 505 g/mol. The highest BCUT2D eigenvalue weighted by molar-refractivity contribution is 7.90. The Morgan fingerprint density at radius 1 is 1.08 bits per heavy atom. The number of nitrogens with zero attached hydrogens (tertiary/aromatic N) is 2. The Bertz CT molecular complexity index is 1530. The fraction of sp³-hybridized carbons (Fsp3) is 0.111. The van der Waals surface area contributed by atoms with Gasteiger partial charge >= 0.3 is 0 Å². The third kappa shape index (κ3) is 5.06. The second-order valence-corrected chi connectivity index (χ2v) is 10.0. The normalized spacial score (nSPS) is 11.2. The maximum atomic E-state index is 14.8. The smallest absolute Gasteiger partial charge is 0.274 e. The molecule has 1 amide bonds. The molecule has 0 unspecified atom stereocenters. The van der Waals surface area contributed by atoms with Crippen molar-refractivity contribution >= 4 is 21.4 Å². The first-order valence-electron chi connectivity index (χ1n) is 11.0. The Morgan fingerprint density at radius 2 is 1.75 bits per heavy atom. The number of hydrogen-bond donors (Lipinski definition) is 1. The molecule has 0 fully saturated rings. The van der Waals surface area contributed by atoms with Gasteiger partial charge in [-0.1, -0.05) is 42.5 Å². The Labute approximate surface area is 208 Å². The number of nitrogens with one attached hydrogen (secondary N) is 1. The Balaban J connectivity index is 1.95. The molecule has 0 aliphatic heterocycles. The quantitative estimate of drug-likeness (QED) is 0.332. The summed E-state index contributed by atoms with van der Waals surface area (Å²) in [5.74, 6) is -0.980. The number of carbonyl (C=O) groups excluding carboxylic acids is 1. The van der Waals surface area contributed by atoms with E-state index in [0.717, 1.165) is 6.26 Å².